The molecule has 0 bridgehead atoms. The topological polar surface area (TPSA) is 56.7 Å². The molecule has 0 atom stereocenters. The van der Waals surface area contributed by atoms with E-state index in [0.717, 1.165) is 28.7 Å². The Balaban J connectivity index is 1.61. The molecule has 0 aliphatic carbocycles. The summed E-state index contributed by atoms with van der Waals surface area (Å²) in [7, 11) is 0. The number of benzene rings is 1. The number of pyridine rings is 1. The zero-order valence-electron chi connectivity index (χ0n) is 13.2. The van der Waals surface area contributed by atoms with E-state index in [2.05, 4.69) is 4.98 Å². The van der Waals surface area contributed by atoms with Crippen LogP contribution in [0.1, 0.15) is 18.2 Å². The minimum Gasteiger partial charge on any atom is -0.487 e. The number of rotatable bonds is 4. The molecule has 0 amide bonds. The van der Waals surface area contributed by atoms with Crippen LogP contribution in [-0.2, 0) is 13.0 Å². The molecule has 120 valence electrons. The van der Waals surface area contributed by atoms with Crippen LogP contribution >= 0.6 is 0 Å². The van der Waals surface area contributed by atoms with E-state index in [9.17, 15) is 4.79 Å². The SMILES string of the molecule is CCc1cc(=O)oc2cc(OCc3cn4ccccc4n3)ccc12. The molecule has 0 aliphatic heterocycles. The number of hydrogen-bond donors (Lipinski definition) is 0. The fourth-order valence-electron chi connectivity index (χ4n) is 2.81. The first-order chi connectivity index (χ1) is 11.7. The minimum atomic E-state index is -0.336. The average molecular weight is 320 g/mol. The van der Waals surface area contributed by atoms with Crippen LogP contribution in [0.3, 0.4) is 0 Å². The molecule has 1 aromatic carbocycles. The van der Waals surface area contributed by atoms with Gasteiger partial charge in [0.1, 0.15) is 23.6 Å². The van der Waals surface area contributed by atoms with Crippen molar-refractivity contribution < 1.29 is 9.15 Å². The Morgan fingerprint density at radius 1 is 1.21 bits per heavy atom. The summed E-state index contributed by atoms with van der Waals surface area (Å²) in [5.74, 6) is 0.649. The maximum absolute atomic E-state index is 11.6. The van der Waals surface area contributed by atoms with Gasteiger partial charge in [-0.05, 0) is 36.2 Å². The molecule has 0 saturated heterocycles. The van der Waals surface area contributed by atoms with E-state index in [0.29, 0.717) is 17.9 Å². The Morgan fingerprint density at radius 3 is 2.96 bits per heavy atom. The molecule has 0 aliphatic rings. The van der Waals surface area contributed by atoms with Crippen molar-refractivity contribution in [2.45, 2.75) is 20.0 Å². The highest BCUT2D eigenvalue weighted by atomic mass is 16.5. The van der Waals surface area contributed by atoms with Crippen LogP contribution in [-0.4, -0.2) is 9.38 Å². The number of aromatic nitrogens is 2. The van der Waals surface area contributed by atoms with Crippen LogP contribution in [0.25, 0.3) is 16.6 Å². The highest BCUT2D eigenvalue weighted by Crippen LogP contribution is 2.23. The fraction of sp³-hybridized carbons (Fsp3) is 0.158. The second-order valence-corrected chi connectivity index (χ2v) is 5.59. The average Bonchev–Trinajstić information content (AvgIpc) is 3.01. The van der Waals surface area contributed by atoms with Gasteiger partial charge < -0.3 is 13.6 Å². The van der Waals surface area contributed by atoms with E-state index in [1.165, 1.54) is 0 Å². The molecular weight excluding hydrogens is 304 g/mol. The molecule has 3 heterocycles. The first kappa shape index (κ1) is 14.5. The van der Waals surface area contributed by atoms with Crippen molar-refractivity contribution in [3.8, 4) is 5.75 Å². The molecule has 0 fully saturated rings. The molecule has 0 radical (unpaired) electrons. The van der Waals surface area contributed by atoms with Gasteiger partial charge >= 0.3 is 5.63 Å². The summed E-state index contributed by atoms with van der Waals surface area (Å²) in [5, 5.41) is 0.942. The van der Waals surface area contributed by atoms with Gasteiger partial charge in [0, 0.05) is 29.9 Å². The lowest BCUT2D eigenvalue weighted by Gasteiger charge is -2.07. The van der Waals surface area contributed by atoms with Crippen molar-refractivity contribution in [1.82, 2.24) is 9.38 Å². The van der Waals surface area contributed by atoms with Gasteiger partial charge in [-0.1, -0.05) is 13.0 Å². The summed E-state index contributed by atoms with van der Waals surface area (Å²) in [4.78, 5) is 16.1. The number of imidazole rings is 1. The molecule has 0 N–H and O–H groups in total. The molecule has 0 spiro atoms. The lowest BCUT2D eigenvalue weighted by Crippen LogP contribution is -2.00. The second-order valence-electron chi connectivity index (χ2n) is 5.59. The number of ether oxygens (including phenoxy) is 1. The zero-order valence-corrected chi connectivity index (χ0v) is 13.2. The Kier molecular flexibility index (Phi) is 3.54. The summed E-state index contributed by atoms with van der Waals surface area (Å²) in [5.41, 5.74) is 2.91. The van der Waals surface area contributed by atoms with E-state index >= 15 is 0 Å². The summed E-state index contributed by atoms with van der Waals surface area (Å²) >= 11 is 0. The maximum Gasteiger partial charge on any atom is 0.336 e. The normalized spacial score (nSPS) is 11.2. The number of fused-ring (bicyclic) bond motifs is 2. The predicted molar refractivity (Wildman–Crippen MR) is 91.4 cm³/mol. The molecule has 0 saturated carbocycles. The summed E-state index contributed by atoms with van der Waals surface area (Å²) in [6, 6.07) is 13.0. The third-order valence-electron chi connectivity index (χ3n) is 3.98. The first-order valence-corrected chi connectivity index (χ1v) is 7.85. The highest BCUT2D eigenvalue weighted by Gasteiger charge is 2.07. The van der Waals surface area contributed by atoms with Crippen molar-refractivity contribution in [3.63, 3.8) is 0 Å². The van der Waals surface area contributed by atoms with Crippen LogP contribution in [0.2, 0.25) is 0 Å². The van der Waals surface area contributed by atoms with Gasteiger partial charge in [0.15, 0.2) is 0 Å². The number of aryl methyl sites for hydroxylation is 1. The van der Waals surface area contributed by atoms with Gasteiger partial charge in [-0.25, -0.2) is 9.78 Å². The number of nitrogens with zero attached hydrogens (tertiary/aromatic N) is 2. The van der Waals surface area contributed by atoms with E-state index in [4.69, 9.17) is 9.15 Å². The van der Waals surface area contributed by atoms with Crippen LogP contribution in [0, 0.1) is 0 Å². The van der Waals surface area contributed by atoms with E-state index in [1.807, 2.05) is 54.0 Å². The van der Waals surface area contributed by atoms with E-state index < -0.39 is 0 Å². The highest BCUT2D eigenvalue weighted by molar-refractivity contribution is 5.81. The second kappa shape index (κ2) is 5.85. The van der Waals surface area contributed by atoms with E-state index in [1.54, 1.807) is 12.1 Å². The molecule has 4 aromatic rings. The Hall–Kier alpha value is -3.08. The maximum atomic E-state index is 11.6. The van der Waals surface area contributed by atoms with E-state index in [-0.39, 0.29) is 5.63 Å². The largest absolute Gasteiger partial charge is 0.487 e. The van der Waals surface area contributed by atoms with Gasteiger partial charge in [0.05, 0.1) is 5.69 Å². The van der Waals surface area contributed by atoms with Crippen molar-refractivity contribution in [1.29, 1.82) is 0 Å². The molecular formula is C19H16N2O3. The summed E-state index contributed by atoms with van der Waals surface area (Å²) < 4.78 is 13.0. The van der Waals surface area contributed by atoms with Crippen molar-refractivity contribution in [2.24, 2.45) is 0 Å². The van der Waals surface area contributed by atoms with Gasteiger partial charge in [0.25, 0.3) is 0 Å². The predicted octanol–water partition coefficient (Wildman–Crippen LogP) is 3.58. The summed E-state index contributed by atoms with van der Waals surface area (Å²) in [6.45, 7) is 2.37. The third-order valence-corrected chi connectivity index (χ3v) is 3.98. The van der Waals surface area contributed by atoms with Crippen molar-refractivity contribution in [2.75, 3.05) is 0 Å². The molecule has 0 unspecified atom stereocenters. The van der Waals surface area contributed by atoms with Gasteiger partial charge in [-0.15, -0.1) is 0 Å². The fourth-order valence-corrected chi connectivity index (χ4v) is 2.81. The third kappa shape index (κ3) is 2.65. The zero-order chi connectivity index (χ0) is 16.5. The standard InChI is InChI=1S/C19H16N2O3/c1-2-13-9-19(22)24-17-10-15(6-7-16(13)17)23-12-14-11-21-8-4-3-5-18(21)20-14/h3-11H,2,12H2,1H3. The Bertz CT molecular complexity index is 1050. The lowest BCUT2D eigenvalue weighted by molar-refractivity contribution is 0.302. The monoisotopic (exact) mass is 320 g/mol. The van der Waals surface area contributed by atoms with Gasteiger partial charge in [-0.3, -0.25) is 0 Å². The van der Waals surface area contributed by atoms with Crippen LogP contribution in [0.15, 0.2) is 64.1 Å². The molecule has 3 aromatic heterocycles. The van der Waals surface area contributed by atoms with Gasteiger partial charge in [0.2, 0.25) is 0 Å². The lowest BCUT2D eigenvalue weighted by atomic mass is 10.1. The molecule has 5 heteroatoms. The first-order valence-electron chi connectivity index (χ1n) is 7.85. The van der Waals surface area contributed by atoms with Crippen LogP contribution in [0.4, 0.5) is 0 Å². The Morgan fingerprint density at radius 2 is 2.12 bits per heavy atom. The molecule has 4 rings (SSSR count). The smallest absolute Gasteiger partial charge is 0.336 e. The quantitative estimate of drug-likeness (QED) is 0.539. The van der Waals surface area contributed by atoms with Crippen LogP contribution < -0.4 is 10.4 Å². The van der Waals surface area contributed by atoms with Gasteiger partial charge in [-0.2, -0.15) is 0 Å². The minimum absolute atomic E-state index is 0.336. The van der Waals surface area contributed by atoms with Crippen molar-refractivity contribution in [3.05, 3.63) is 76.5 Å². The molecule has 24 heavy (non-hydrogen) atoms. The van der Waals surface area contributed by atoms with Crippen molar-refractivity contribution >= 4 is 16.6 Å². The van der Waals surface area contributed by atoms with Crippen LogP contribution in [0.5, 0.6) is 5.75 Å². The Labute approximate surface area is 138 Å². The number of hydrogen-bond acceptors (Lipinski definition) is 4. The molecule has 5 nitrogen and oxygen atoms in total. The summed E-state index contributed by atoms with van der Waals surface area (Å²) in [6.07, 6.45) is 4.66.